The Balaban J connectivity index is 2.15. The zero-order valence-corrected chi connectivity index (χ0v) is 12.6. The van der Waals surface area contributed by atoms with Crippen LogP contribution in [0.5, 0.6) is 0 Å². The van der Waals surface area contributed by atoms with Gasteiger partial charge in [-0.1, -0.05) is 20.8 Å². The number of thioether (sulfide) groups is 1. The normalized spacial score (nSPS) is 21.2. The first-order valence-electron chi connectivity index (χ1n) is 5.97. The fourth-order valence-electron chi connectivity index (χ4n) is 2.33. The van der Waals surface area contributed by atoms with Gasteiger partial charge in [0.25, 0.3) is 0 Å². The minimum absolute atomic E-state index is 0.393. The second kappa shape index (κ2) is 4.69. The Morgan fingerprint density at radius 1 is 1.47 bits per heavy atom. The molecule has 1 fully saturated rings. The van der Waals surface area contributed by atoms with Crippen LogP contribution in [0, 0.1) is 11.3 Å². The summed E-state index contributed by atoms with van der Waals surface area (Å²) in [6.07, 6.45) is 3.34. The van der Waals surface area contributed by atoms with Crippen molar-refractivity contribution in [3.63, 3.8) is 0 Å². The first-order valence-corrected chi connectivity index (χ1v) is 7.97. The van der Waals surface area contributed by atoms with Gasteiger partial charge in [0.2, 0.25) is 0 Å². The topological polar surface area (TPSA) is 42.1 Å². The van der Waals surface area contributed by atoms with Crippen LogP contribution in [-0.2, 0) is 0 Å². The van der Waals surface area contributed by atoms with Crippen molar-refractivity contribution in [1.82, 2.24) is 4.37 Å². The summed E-state index contributed by atoms with van der Waals surface area (Å²) in [7, 11) is 0. The number of aromatic nitrogens is 1. The quantitative estimate of drug-likeness (QED) is 0.838. The van der Waals surface area contributed by atoms with Gasteiger partial charge in [-0.15, -0.1) is 11.8 Å². The first kappa shape index (κ1) is 13.0. The summed E-state index contributed by atoms with van der Waals surface area (Å²) >= 11 is 3.25. The summed E-state index contributed by atoms with van der Waals surface area (Å²) in [5.74, 6) is 1.46. The highest BCUT2D eigenvalue weighted by atomic mass is 32.2. The number of hydrogen-bond donors (Lipinski definition) is 1. The highest BCUT2D eigenvalue weighted by molar-refractivity contribution is 7.99. The molecule has 1 aliphatic heterocycles. The Morgan fingerprint density at radius 2 is 2.18 bits per heavy atom. The largest absolute Gasteiger partial charge is 0.382 e. The Bertz CT molecular complexity index is 395. The van der Waals surface area contributed by atoms with E-state index >= 15 is 0 Å². The molecule has 17 heavy (non-hydrogen) atoms. The lowest BCUT2D eigenvalue weighted by molar-refractivity contribution is 0.263. The van der Waals surface area contributed by atoms with Crippen molar-refractivity contribution in [3.05, 3.63) is 0 Å². The molecule has 0 aliphatic carbocycles. The Kier molecular flexibility index (Phi) is 3.59. The predicted molar refractivity (Wildman–Crippen MR) is 78.1 cm³/mol. The highest BCUT2D eigenvalue weighted by Gasteiger charge is 2.33. The molecule has 1 aromatic heterocycles. The van der Waals surface area contributed by atoms with Crippen LogP contribution in [0.3, 0.4) is 0 Å². The van der Waals surface area contributed by atoms with Crippen molar-refractivity contribution in [2.45, 2.75) is 32.1 Å². The third kappa shape index (κ3) is 2.55. The van der Waals surface area contributed by atoms with E-state index in [4.69, 9.17) is 5.73 Å². The van der Waals surface area contributed by atoms with Gasteiger partial charge in [0.05, 0.1) is 4.90 Å². The first-order chi connectivity index (χ1) is 7.93. The molecule has 1 unspecified atom stereocenters. The molecule has 0 bridgehead atoms. The van der Waals surface area contributed by atoms with Gasteiger partial charge in [0.1, 0.15) is 5.00 Å². The number of rotatable bonds is 2. The minimum Gasteiger partial charge on any atom is -0.382 e. The van der Waals surface area contributed by atoms with Crippen LogP contribution >= 0.6 is 23.3 Å². The van der Waals surface area contributed by atoms with E-state index in [0.717, 1.165) is 23.9 Å². The summed E-state index contributed by atoms with van der Waals surface area (Å²) in [5.41, 5.74) is 6.29. The zero-order chi connectivity index (χ0) is 12.6. The molecule has 0 radical (unpaired) electrons. The van der Waals surface area contributed by atoms with Crippen molar-refractivity contribution < 1.29 is 0 Å². The van der Waals surface area contributed by atoms with Gasteiger partial charge >= 0.3 is 0 Å². The molecular weight excluding hydrogens is 250 g/mol. The van der Waals surface area contributed by atoms with Crippen LogP contribution in [0.1, 0.15) is 27.2 Å². The summed E-state index contributed by atoms with van der Waals surface area (Å²) in [6, 6.07) is 0. The maximum atomic E-state index is 5.89. The molecule has 0 spiro atoms. The van der Waals surface area contributed by atoms with E-state index in [0.29, 0.717) is 11.2 Å². The monoisotopic (exact) mass is 271 g/mol. The molecular formula is C12H21N3S2. The lowest BCUT2D eigenvalue weighted by Crippen LogP contribution is -2.25. The molecule has 2 N–H and O–H groups in total. The van der Waals surface area contributed by atoms with Crippen molar-refractivity contribution in [3.8, 4) is 0 Å². The average Bonchev–Trinajstić information content (AvgIpc) is 2.82. The van der Waals surface area contributed by atoms with Crippen molar-refractivity contribution in [2.24, 2.45) is 11.3 Å². The molecule has 5 heteroatoms. The lowest BCUT2D eigenvalue weighted by atomic mass is 9.80. The predicted octanol–water partition coefficient (Wildman–Crippen LogP) is 3.32. The van der Waals surface area contributed by atoms with Crippen LogP contribution in [0.4, 0.5) is 10.8 Å². The molecule has 3 nitrogen and oxygen atoms in total. The number of anilines is 2. The van der Waals surface area contributed by atoms with Gasteiger partial charge in [-0.05, 0) is 35.5 Å². The molecule has 2 rings (SSSR count). The van der Waals surface area contributed by atoms with Crippen LogP contribution in [0.2, 0.25) is 0 Å². The Labute approximate surface area is 112 Å². The second-order valence-electron chi connectivity index (χ2n) is 5.70. The standard InChI is InChI=1S/C12H21N3S2/c1-12(2,3)8-5-6-15(7-8)11-9(16-4)10(13)14-17-11/h8H,5-7H2,1-4H3,(H2,13,14). The minimum atomic E-state index is 0.393. The van der Waals surface area contributed by atoms with Crippen molar-refractivity contribution in [1.29, 1.82) is 0 Å². The third-order valence-electron chi connectivity index (χ3n) is 3.56. The number of hydrogen-bond acceptors (Lipinski definition) is 5. The molecule has 0 saturated carbocycles. The summed E-state index contributed by atoms with van der Waals surface area (Å²) < 4.78 is 4.28. The van der Waals surface area contributed by atoms with Crippen LogP contribution < -0.4 is 10.6 Å². The van der Waals surface area contributed by atoms with E-state index in [1.807, 2.05) is 0 Å². The zero-order valence-electron chi connectivity index (χ0n) is 11.0. The molecule has 96 valence electrons. The van der Waals surface area contributed by atoms with E-state index in [2.05, 4.69) is 36.3 Å². The average molecular weight is 271 g/mol. The molecule has 1 aliphatic rings. The summed E-state index contributed by atoms with van der Waals surface area (Å²) in [5, 5.41) is 1.27. The van der Waals surface area contributed by atoms with Gasteiger partial charge in [0, 0.05) is 13.1 Å². The van der Waals surface area contributed by atoms with E-state index in [9.17, 15) is 0 Å². The molecule has 0 amide bonds. The van der Waals surface area contributed by atoms with Gasteiger partial charge in [-0.2, -0.15) is 4.37 Å². The maximum Gasteiger partial charge on any atom is 0.153 e. The fraction of sp³-hybridized carbons (Fsp3) is 0.750. The van der Waals surface area contributed by atoms with E-state index in [-0.39, 0.29) is 0 Å². The number of nitrogens with two attached hydrogens (primary N) is 1. The van der Waals surface area contributed by atoms with E-state index in [1.54, 1.807) is 23.3 Å². The number of nitrogens with zero attached hydrogens (tertiary/aromatic N) is 2. The smallest absolute Gasteiger partial charge is 0.153 e. The van der Waals surface area contributed by atoms with Gasteiger partial charge in [-0.25, -0.2) is 0 Å². The van der Waals surface area contributed by atoms with Gasteiger partial charge in [-0.3, -0.25) is 0 Å². The Hall–Kier alpha value is -0.420. The third-order valence-corrected chi connectivity index (χ3v) is 5.42. The van der Waals surface area contributed by atoms with Crippen LogP contribution in [0.25, 0.3) is 0 Å². The van der Waals surface area contributed by atoms with Crippen molar-refractivity contribution in [2.75, 3.05) is 30.0 Å². The van der Waals surface area contributed by atoms with Gasteiger partial charge < -0.3 is 10.6 Å². The molecule has 1 saturated heterocycles. The van der Waals surface area contributed by atoms with E-state index < -0.39 is 0 Å². The summed E-state index contributed by atoms with van der Waals surface area (Å²) in [4.78, 5) is 3.61. The highest BCUT2D eigenvalue weighted by Crippen LogP contribution is 2.42. The summed E-state index contributed by atoms with van der Waals surface area (Å²) in [6.45, 7) is 9.27. The molecule has 0 aromatic carbocycles. The maximum absolute atomic E-state index is 5.89. The fourth-order valence-corrected chi connectivity index (χ4v) is 4.05. The van der Waals surface area contributed by atoms with Crippen LogP contribution in [-0.4, -0.2) is 23.7 Å². The van der Waals surface area contributed by atoms with E-state index in [1.165, 1.54) is 11.4 Å². The number of nitrogen functional groups attached to an aromatic ring is 1. The van der Waals surface area contributed by atoms with Crippen LogP contribution in [0.15, 0.2) is 4.90 Å². The Morgan fingerprint density at radius 3 is 2.71 bits per heavy atom. The molecule has 1 atom stereocenters. The van der Waals surface area contributed by atoms with Crippen molar-refractivity contribution >= 4 is 34.1 Å². The SMILES string of the molecule is CSc1c(N)nsc1N1CCC(C(C)(C)C)C1. The van der Waals surface area contributed by atoms with Gasteiger partial charge in [0.15, 0.2) is 5.82 Å². The second-order valence-corrected chi connectivity index (χ2v) is 7.27. The lowest BCUT2D eigenvalue weighted by Gasteiger charge is -2.27. The molecule has 1 aromatic rings. The molecule has 2 heterocycles.